The third kappa shape index (κ3) is 24.0. The molecule has 0 fully saturated rings. The molecule has 0 aliphatic carbocycles. The Morgan fingerprint density at radius 3 is 0.400 bits per heavy atom. The summed E-state index contributed by atoms with van der Waals surface area (Å²) < 4.78 is 0. The molecule has 0 nitrogen and oxygen atoms in total. The Labute approximate surface area is 80.3 Å². The van der Waals surface area contributed by atoms with E-state index in [9.17, 15) is 0 Å². The van der Waals surface area contributed by atoms with Gasteiger partial charge in [0.1, 0.15) is 0 Å². The summed E-state index contributed by atoms with van der Waals surface area (Å²) >= 11 is 0. The van der Waals surface area contributed by atoms with Crippen LogP contribution in [0.5, 0.6) is 0 Å². The summed E-state index contributed by atoms with van der Waals surface area (Å²) in [5.41, 5.74) is 0. The van der Waals surface area contributed by atoms with E-state index >= 15 is 0 Å². The fourth-order valence-corrected chi connectivity index (χ4v) is 0. The van der Waals surface area contributed by atoms with E-state index in [2.05, 4.69) is 0 Å². The van der Waals surface area contributed by atoms with Crippen LogP contribution in [0.15, 0.2) is 0 Å². The van der Waals surface area contributed by atoms with Gasteiger partial charge < -0.3 is 0 Å². The third-order valence-electron chi connectivity index (χ3n) is 0. The maximum Gasteiger partial charge on any atom is 0 e. The number of hydrogen-bond acceptors (Lipinski definition) is 0. The van der Waals surface area contributed by atoms with Crippen molar-refractivity contribution in [3.8, 4) is 0 Å². The minimum Gasteiger partial charge on any atom is -0.0776 e. The molecular weight excluding hydrogens is 82.0 g/mol. The minimum absolute atomic E-state index is 0. The average molecular weight is 94.1 g/mol. The molecule has 2 heteroatoms. The largest absolute Gasteiger partial charge is 0.0776 e. The van der Waals surface area contributed by atoms with Gasteiger partial charge in [0.05, 0.1) is 0 Å². The molecule has 0 aromatic carbocycles. The van der Waals surface area contributed by atoms with Crippen LogP contribution in [0.2, 0.25) is 0 Å². The summed E-state index contributed by atoms with van der Waals surface area (Å²) in [6.07, 6.45) is 0. The van der Waals surface area contributed by atoms with Gasteiger partial charge in [-0.05, 0) is 0 Å². The second kappa shape index (κ2) is 37.5. The van der Waals surface area contributed by atoms with Crippen LogP contribution in [0, 0.1) is 0 Å². The molecule has 0 spiro atoms. The molecule has 0 aliphatic heterocycles. The van der Waals surface area contributed by atoms with E-state index in [1.54, 1.807) is 0 Å². The van der Waals surface area contributed by atoms with Crippen molar-refractivity contribution in [2.24, 2.45) is 0 Å². The van der Waals surface area contributed by atoms with E-state index in [0.717, 1.165) is 0 Å². The maximum atomic E-state index is 0. The Morgan fingerprint density at radius 1 is 0.400 bits per heavy atom. The second-order valence-corrected chi connectivity index (χ2v) is 0. The molecule has 0 N–H and O–H groups in total. The van der Waals surface area contributed by atoms with Gasteiger partial charge in [0.2, 0.25) is 0 Å². The van der Waals surface area contributed by atoms with E-state index < -0.39 is 0 Å². The second-order valence-electron chi connectivity index (χ2n) is 0. The van der Waals surface area contributed by atoms with Gasteiger partial charge in [0, 0.05) is 59.1 Å². The van der Waals surface area contributed by atoms with E-state index in [0.29, 0.717) is 0 Å². The van der Waals surface area contributed by atoms with Gasteiger partial charge in [-0.3, -0.25) is 0 Å². The molecule has 0 rings (SSSR count). The molecule has 0 aromatic heterocycles. The molecule has 0 saturated carbocycles. The predicted molar refractivity (Wildman–Crippen MR) is 31.7 cm³/mol. The first-order valence-electron chi connectivity index (χ1n) is 0. The van der Waals surface area contributed by atoms with Gasteiger partial charge in [-0.15, -0.1) is 0 Å². The molecule has 0 aromatic rings. The molecule has 0 saturated heterocycles. The first-order valence-corrected chi connectivity index (χ1v) is 0. The van der Waals surface area contributed by atoms with Crippen LogP contribution in [-0.4, -0.2) is 59.1 Å². The van der Waals surface area contributed by atoms with Crippen molar-refractivity contribution >= 4 is 59.1 Å². The van der Waals surface area contributed by atoms with E-state index in [1.807, 2.05) is 0 Å². The number of rotatable bonds is 0. The van der Waals surface area contributed by atoms with E-state index in [-0.39, 0.29) is 81.4 Å². The molecule has 0 bridgehead atoms. The predicted octanol–water partition coefficient (Wildman–Crippen LogP) is 1.15. The fraction of sp³-hybridized carbons (Fsp3) is 1.00. The molecule has 0 unspecified atom stereocenters. The van der Waals surface area contributed by atoms with Crippen molar-refractivity contribution in [2.75, 3.05) is 0 Å². The smallest absolute Gasteiger partial charge is 0 e. The van der Waals surface area contributed by atoms with Crippen molar-refractivity contribution in [1.82, 2.24) is 0 Å². The first kappa shape index (κ1) is 63.0. The molecule has 0 aliphatic rings. The van der Waals surface area contributed by atoms with Crippen molar-refractivity contribution in [1.29, 1.82) is 0 Å². The monoisotopic (exact) mass is 94.1 g/mol. The van der Waals surface area contributed by atoms with Gasteiger partial charge >= 0.3 is 0 Å². The summed E-state index contributed by atoms with van der Waals surface area (Å²) in [7, 11) is 0. The molecule has 0 heterocycles. The van der Waals surface area contributed by atoms with Crippen LogP contribution in [0.3, 0.4) is 0 Å². The van der Waals surface area contributed by atoms with Crippen LogP contribution in [-0.2, 0) is 0 Å². The van der Waals surface area contributed by atoms with Crippen LogP contribution >= 0.6 is 0 Å². The molecule has 0 atom stereocenters. The van der Waals surface area contributed by atoms with Crippen LogP contribution in [0.1, 0.15) is 22.3 Å². The zero-order valence-electron chi connectivity index (χ0n) is 2.00. The standard InChI is InChI=1S/3CH4.2Na/h3*1H4;;. The zero-order valence-corrected chi connectivity index (χ0v) is 6.00. The summed E-state index contributed by atoms with van der Waals surface area (Å²) in [5.74, 6) is 0. The van der Waals surface area contributed by atoms with Crippen LogP contribution in [0.25, 0.3) is 0 Å². The van der Waals surface area contributed by atoms with Crippen molar-refractivity contribution in [3.05, 3.63) is 0 Å². The molecule has 26 valence electrons. The first-order chi connectivity index (χ1) is 0. The summed E-state index contributed by atoms with van der Waals surface area (Å²) in [6.45, 7) is 0. The van der Waals surface area contributed by atoms with Crippen molar-refractivity contribution in [2.45, 2.75) is 22.3 Å². The Kier molecular flexibility index (Phi) is 472. The Bertz CT molecular complexity index is 4.85. The van der Waals surface area contributed by atoms with Crippen LogP contribution < -0.4 is 0 Å². The Balaban J connectivity index is 0. The Hall–Kier alpha value is 2.00. The van der Waals surface area contributed by atoms with E-state index in [4.69, 9.17) is 0 Å². The third-order valence-corrected chi connectivity index (χ3v) is 0. The topological polar surface area (TPSA) is 0 Å². The van der Waals surface area contributed by atoms with Gasteiger partial charge in [0.25, 0.3) is 0 Å². The molecule has 2 radical (unpaired) electrons. The molecule has 0 amide bonds. The van der Waals surface area contributed by atoms with E-state index in [1.165, 1.54) is 0 Å². The molecular formula is C3H12Na2. The fourth-order valence-electron chi connectivity index (χ4n) is 0. The quantitative estimate of drug-likeness (QED) is 0.395. The summed E-state index contributed by atoms with van der Waals surface area (Å²) in [6, 6.07) is 0. The van der Waals surface area contributed by atoms with Crippen LogP contribution in [0.4, 0.5) is 0 Å². The summed E-state index contributed by atoms with van der Waals surface area (Å²) in [5, 5.41) is 0. The maximum absolute atomic E-state index is 0. The van der Waals surface area contributed by atoms with Gasteiger partial charge in [-0.1, -0.05) is 22.3 Å². The van der Waals surface area contributed by atoms with Crippen molar-refractivity contribution in [3.63, 3.8) is 0 Å². The van der Waals surface area contributed by atoms with Crippen molar-refractivity contribution < 1.29 is 0 Å². The molecule has 5 heavy (non-hydrogen) atoms. The van der Waals surface area contributed by atoms with Gasteiger partial charge in [0.15, 0.2) is 0 Å². The zero-order chi connectivity index (χ0) is 0. The normalized spacial score (nSPS) is 0. The SMILES string of the molecule is C.C.C.[Na].[Na]. The Morgan fingerprint density at radius 2 is 0.400 bits per heavy atom. The van der Waals surface area contributed by atoms with Gasteiger partial charge in [-0.2, -0.15) is 0 Å². The summed E-state index contributed by atoms with van der Waals surface area (Å²) in [4.78, 5) is 0. The number of hydrogen-bond donors (Lipinski definition) is 0. The minimum atomic E-state index is 0. The average Bonchev–Trinajstić information content (AvgIpc) is 0. The van der Waals surface area contributed by atoms with Gasteiger partial charge in [-0.25, -0.2) is 0 Å².